The van der Waals surface area contributed by atoms with Crippen molar-refractivity contribution in [1.82, 2.24) is 0 Å². The van der Waals surface area contributed by atoms with Gasteiger partial charge in [-0.3, -0.25) is 4.79 Å². The minimum absolute atomic E-state index is 0. The van der Waals surface area contributed by atoms with Gasteiger partial charge in [0.05, 0.1) is 41.5 Å². The van der Waals surface area contributed by atoms with E-state index in [1.165, 1.54) is 0 Å². The Bertz CT molecular complexity index is 868. The first-order valence-corrected chi connectivity index (χ1v) is 11.8. The van der Waals surface area contributed by atoms with E-state index < -0.39 is 69.7 Å². The second-order valence-corrected chi connectivity index (χ2v) is 12.4. The van der Waals surface area contributed by atoms with Crippen LogP contribution in [0.3, 0.4) is 0 Å². The summed E-state index contributed by atoms with van der Waals surface area (Å²) in [6, 6.07) is 0. The molecule has 4 rings (SSSR count). The van der Waals surface area contributed by atoms with Gasteiger partial charge in [-0.05, 0) is 51.7 Å². The standard InChI is InChI=1S/C25H40O7.2Ac/c1-12-14(26)10-25(30)13(2)19-23(8,20(28)18(27)17(12)22(25,6)7)15(32-21(3,4)5)9-16-24(19,29)11-31-16;;/h13-16,18-19,26-27,29-30H,9-11H2,1-8H3;;/t13?,14?,15?,16?,18?,19?,23-,24?,25?;;/m1../s1. The summed E-state index contributed by atoms with van der Waals surface area (Å²) in [4.78, 5) is 14.2. The molecule has 1 aliphatic heterocycles. The third-order valence-electron chi connectivity index (χ3n) is 9.34. The fourth-order valence-corrected chi connectivity index (χ4v) is 7.58. The molecule has 0 aromatic carbocycles. The summed E-state index contributed by atoms with van der Waals surface area (Å²) in [5.74, 6) is -1.74. The molecule has 4 N–H and O–H groups in total. The van der Waals surface area contributed by atoms with Gasteiger partial charge in [-0.15, -0.1) is 0 Å². The molecule has 1 saturated heterocycles. The number of hydrogen-bond acceptors (Lipinski definition) is 7. The number of rotatable bonds is 1. The van der Waals surface area contributed by atoms with E-state index in [9.17, 15) is 25.2 Å². The van der Waals surface area contributed by atoms with Gasteiger partial charge in [-0.2, -0.15) is 0 Å². The summed E-state index contributed by atoms with van der Waals surface area (Å²) in [5, 5.41) is 46.3. The summed E-state index contributed by atoms with van der Waals surface area (Å²) in [7, 11) is 0. The molecule has 2 saturated carbocycles. The Morgan fingerprint density at radius 3 is 2.12 bits per heavy atom. The Morgan fingerprint density at radius 1 is 1.09 bits per heavy atom. The van der Waals surface area contributed by atoms with Crippen LogP contribution in [0.4, 0.5) is 0 Å². The molecule has 0 amide bonds. The van der Waals surface area contributed by atoms with Crippen LogP contribution in [0.5, 0.6) is 0 Å². The predicted octanol–water partition coefficient (Wildman–Crippen LogP) is 1.74. The van der Waals surface area contributed by atoms with Gasteiger partial charge < -0.3 is 29.9 Å². The van der Waals surface area contributed by atoms with Crippen LogP contribution in [0.15, 0.2) is 11.1 Å². The first-order valence-electron chi connectivity index (χ1n) is 11.8. The smallest absolute Gasteiger partial charge is 0.174 e. The van der Waals surface area contributed by atoms with Crippen molar-refractivity contribution in [3.05, 3.63) is 11.1 Å². The fourth-order valence-electron chi connectivity index (χ4n) is 7.58. The van der Waals surface area contributed by atoms with Gasteiger partial charge >= 0.3 is 0 Å². The molecule has 9 heteroatoms. The molecule has 8 unspecified atom stereocenters. The molecular formula is C25H40Ac2O7. The van der Waals surface area contributed by atoms with Crippen molar-refractivity contribution < 1.29 is 123 Å². The number of ether oxygens (including phenoxy) is 2. The number of hydrogen-bond donors (Lipinski definition) is 4. The number of carbonyl (C=O) groups excluding carboxylic acids is 1. The molecule has 9 atom stereocenters. The SMILES string of the molecule is CC1=C2C(O)C(=O)[C@]3(C)C(OC(C)(C)C)CC4OCC4(O)C3C(C)C(O)(CC1O)C2(C)C.[Ac].[Ac]. The maximum absolute atomic E-state index is 14.2. The number of fused-ring (bicyclic) bond motifs is 5. The summed E-state index contributed by atoms with van der Waals surface area (Å²) in [6.07, 6.45) is -3.23. The third-order valence-corrected chi connectivity index (χ3v) is 9.34. The third kappa shape index (κ3) is 4.30. The summed E-state index contributed by atoms with van der Waals surface area (Å²) in [5.41, 5.74) is -4.70. The van der Waals surface area contributed by atoms with Crippen molar-refractivity contribution in [2.75, 3.05) is 6.61 Å². The molecule has 4 aliphatic rings. The van der Waals surface area contributed by atoms with E-state index in [4.69, 9.17) is 9.47 Å². The second kappa shape index (κ2) is 9.91. The minimum Gasteiger partial charge on any atom is -0.389 e. The summed E-state index contributed by atoms with van der Waals surface area (Å²) < 4.78 is 12.1. The van der Waals surface area contributed by atoms with Crippen molar-refractivity contribution >= 4 is 5.78 Å². The van der Waals surface area contributed by atoms with E-state index >= 15 is 0 Å². The quantitative estimate of drug-likeness (QED) is 0.297. The topological polar surface area (TPSA) is 116 Å². The molecule has 188 valence electrons. The average molecular weight is 907 g/mol. The Labute approximate surface area is 274 Å². The van der Waals surface area contributed by atoms with Crippen molar-refractivity contribution in [3.63, 3.8) is 0 Å². The van der Waals surface area contributed by atoms with E-state index in [0.29, 0.717) is 17.6 Å². The number of Topliss-reactive ketones (excluding diaryl/α,β-unsaturated/α-hetero) is 1. The molecule has 7 nitrogen and oxygen atoms in total. The van der Waals surface area contributed by atoms with Crippen LogP contribution in [0.2, 0.25) is 0 Å². The van der Waals surface area contributed by atoms with Crippen molar-refractivity contribution in [3.8, 4) is 0 Å². The maximum Gasteiger partial charge on any atom is 0.174 e. The largest absolute Gasteiger partial charge is 0.389 e. The van der Waals surface area contributed by atoms with E-state index in [1.807, 2.05) is 41.5 Å². The zero-order valence-electron chi connectivity index (χ0n) is 21.8. The van der Waals surface area contributed by atoms with Gasteiger partial charge in [-0.25, -0.2) is 0 Å². The van der Waals surface area contributed by atoms with Gasteiger partial charge in [0.2, 0.25) is 0 Å². The van der Waals surface area contributed by atoms with Crippen LogP contribution in [-0.4, -0.2) is 74.0 Å². The molecular weight excluding hydrogens is 866 g/mol. The number of aliphatic hydroxyl groups is 4. The van der Waals surface area contributed by atoms with Crippen LogP contribution in [0, 0.1) is 111 Å². The molecule has 0 spiro atoms. The first-order chi connectivity index (χ1) is 14.4. The molecule has 1 heterocycles. The zero-order valence-corrected chi connectivity index (χ0v) is 31.2. The van der Waals surface area contributed by atoms with Gasteiger partial charge in [-0.1, -0.05) is 20.8 Å². The van der Waals surface area contributed by atoms with Gasteiger partial charge in [0.25, 0.3) is 0 Å². The average Bonchev–Trinajstić information content (AvgIpc) is 2.65. The van der Waals surface area contributed by atoms with E-state index in [1.54, 1.807) is 13.8 Å². The van der Waals surface area contributed by atoms with Gasteiger partial charge in [0, 0.05) is 112 Å². The van der Waals surface area contributed by atoms with Gasteiger partial charge in [0.15, 0.2) is 5.78 Å². The first kappa shape index (κ1) is 32.3. The van der Waals surface area contributed by atoms with Crippen LogP contribution in [0.25, 0.3) is 0 Å². The molecule has 3 fully saturated rings. The molecule has 0 aromatic rings. The van der Waals surface area contributed by atoms with Crippen LogP contribution in [-0.2, 0) is 14.3 Å². The number of carbonyl (C=O) groups is 1. The monoisotopic (exact) mass is 906 g/mol. The van der Waals surface area contributed by atoms with E-state index in [-0.39, 0.29) is 101 Å². The Balaban J connectivity index is 0.00000204. The molecule has 0 aromatic heterocycles. The molecule has 2 radical (unpaired) electrons. The van der Waals surface area contributed by atoms with Crippen LogP contribution in [0.1, 0.15) is 68.2 Å². The molecule has 2 bridgehead atoms. The van der Waals surface area contributed by atoms with Crippen LogP contribution < -0.4 is 0 Å². The zero-order chi connectivity index (χ0) is 24.2. The van der Waals surface area contributed by atoms with E-state index in [2.05, 4.69) is 0 Å². The summed E-state index contributed by atoms with van der Waals surface area (Å²) >= 11 is 0. The predicted molar refractivity (Wildman–Crippen MR) is 118 cm³/mol. The molecule has 34 heavy (non-hydrogen) atoms. The Morgan fingerprint density at radius 2 is 1.65 bits per heavy atom. The van der Waals surface area contributed by atoms with Crippen molar-refractivity contribution in [1.29, 1.82) is 0 Å². The normalized spacial score (nSPS) is 47.7. The maximum atomic E-state index is 14.2. The minimum atomic E-state index is -1.52. The number of ketones is 1. The Hall–Kier alpha value is 2.05. The molecule has 3 aliphatic carbocycles. The van der Waals surface area contributed by atoms with Gasteiger partial charge in [0.1, 0.15) is 11.7 Å². The second-order valence-electron chi connectivity index (χ2n) is 12.4. The van der Waals surface area contributed by atoms with E-state index in [0.717, 1.165) is 0 Å². The Kier molecular flexibility index (Phi) is 9.40. The van der Waals surface area contributed by atoms with Crippen molar-refractivity contribution in [2.24, 2.45) is 22.7 Å². The number of aliphatic hydroxyl groups excluding tert-OH is 2. The summed E-state index contributed by atoms with van der Waals surface area (Å²) in [6.45, 7) is 14.8. The van der Waals surface area contributed by atoms with Crippen molar-refractivity contribution in [2.45, 2.75) is 109 Å². The fraction of sp³-hybridized carbons (Fsp3) is 0.880. The van der Waals surface area contributed by atoms with Crippen LogP contribution >= 0.6 is 0 Å².